The van der Waals surface area contributed by atoms with Crippen LogP contribution < -0.4 is 4.74 Å². The van der Waals surface area contributed by atoms with Gasteiger partial charge < -0.3 is 9.47 Å². The largest absolute Gasteiger partial charge is 0.493 e. The molecule has 0 saturated carbocycles. The number of esters is 1. The van der Waals surface area contributed by atoms with E-state index in [0.29, 0.717) is 0 Å². The van der Waals surface area contributed by atoms with Gasteiger partial charge in [0.15, 0.2) is 5.78 Å². The number of hydrogen-bond acceptors (Lipinski definition) is 6. The van der Waals surface area contributed by atoms with Crippen molar-refractivity contribution in [1.82, 2.24) is 0 Å². The normalized spacial score (nSPS) is 9.90. The fourth-order valence-corrected chi connectivity index (χ4v) is 1.66. The van der Waals surface area contributed by atoms with E-state index >= 15 is 0 Å². The van der Waals surface area contributed by atoms with Crippen molar-refractivity contribution in [2.75, 3.05) is 13.2 Å². The molecule has 1 aromatic rings. The van der Waals surface area contributed by atoms with Crippen LogP contribution in [0, 0.1) is 10.1 Å². The van der Waals surface area contributed by atoms with E-state index in [1.165, 1.54) is 18.2 Å². The maximum atomic E-state index is 12.1. The van der Waals surface area contributed by atoms with Crippen molar-refractivity contribution in [1.29, 1.82) is 0 Å². The molecule has 0 amide bonds. The minimum Gasteiger partial charge on any atom is -0.493 e. The van der Waals surface area contributed by atoms with Gasteiger partial charge >= 0.3 is 5.97 Å². The number of carbonyl (C=O) groups is 2. The number of Topliss-reactive ketones (excluding diaryl/α,β-unsaturated/α-hetero) is 1. The average Bonchev–Trinajstić information content (AvgIpc) is 2.38. The second-order valence-electron chi connectivity index (χ2n) is 3.75. The fourth-order valence-electron chi connectivity index (χ4n) is 1.66. The maximum Gasteiger partial charge on any atom is 0.313 e. The number of carbonyl (C=O) groups excluding carboxylic acids is 2. The van der Waals surface area contributed by atoms with Crippen LogP contribution in [0.2, 0.25) is 0 Å². The first-order valence-corrected chi connectivity index (χ1v) is 6.10. The SMILES string of the molecule is CCOC(=O)CC(=O)c1c(OCC)cccc1[N+](=O)[O-]. The number of hydrogen-bond donors (Lipinski definition) is 0. The first-order chi connectivity index (χ1) is 9.51. The van der Waals surface area contributed by atoms with E-state index in [0.717, 1.165) is 0 Å². The molecule has 0 saturated heterocycles. The molecule has 0 aromatic heterocycles. The van der Waals surface area contributed by atoms with Gasteiger partial charge in [-0.15, -0.1) is 0 Å². The number of ketones is 1. The lowest BCUT2D eigenvalue weighted by molar-refractivity contribution is -0.385. The number of nitrogens with zero attached hydrogens (tertiary/aromatic N) is 1. The smallest absolute Gasteiger partial charge is 0.313 e. The summed E-state index contributed by atoms with van der Waals surface area (Å²) < 4.78 is 9.88. The van der Waals surface area contributed by atoms with Gasteiger partial charge in [-0.05, 0) is 19.9 Å². The number of benzene rings is 1. The zero-order valence-corrected chi connectivity index (χ0v) is 11.3. The zero-order valence-electron chi connectivity index (χ0n) is 11.3. The van der Waals surface area contributed by atoms with E-state index in [4.69, 9.17) is 4.74 Å². The third-order valence-corrected chi connectivity index (χ3v) is 2.39. The maximum absolute atomic E-state index is 12.1. The van der Waals surface area contributed by atoms with Crippen LogP contribution in [0.5, 0.6) is 5.75 Å². The van der Waals surface area contributed by atoms with Crippen LogP contribution in [-0.2, 0) is 9.53 Å². The lowest BCUT2D eigenvalue weighted by Gasteiger charge is -2.09. The van der Waals surface area contributed by atoms with Gasteiger partial charge in [0.2, 0.25) is 0 Å². The summed E-state index contributed by atoms with van der Waals surface area (Å²) in [5.41, 5.74) is -0.586. The first-order valence-electron chi connectivity index (χ1n) is 6.10. The van der Waals surface area contributed by atoms with Gasteiger partial charge in [0.25, 0.3) is 5.69 Å². The van der Waals surface area contributed by atoms with Crippen molar-refractivity contribution in [3.63, 3.8) is 0 Å². The van der Waals surface area contributed by atoms with Crippen LogP contribution >= 0.6 is 0 Å². The molecule has 1 rings (SSSR count). The predicted molar refractivity (Wildman–Crippen MR) is 69.8 cm³/mol. The van der Waals surface area contributed by atoms with Crippen molar-refractivity contribution in [3.8, 4) is 5.75 Å². The van der Waals surface area contributed by atoms with Gasteiger partial charge in [-0.1, -0.05) is 6.07 Å². The highest BCUT2D eigenvalue weighted by Gasteiger charge is 2.26. The first kappa shape index (κ1) is 15.6. The summed E-state index contributed by atoms with van der Waals surface area (Å²) in [6.07, 6.45) is -0.557. The Morgan fingerprint density at radius 2 is 1.95 bits per heavy atom. The number of rotatable bonds is 7. The van der Waals surface area contributed by atoms with Gasteiger partial charge in [-0.3, -0.25) is 19.7 Å². The van der Waals surface area contributed by atoms with Gasteiger partial charge in [0, 0.05) is 6.07 Å². The van der Waals surface area contributed by atoms with Crippen molar-refractivity contribution in [2.45, 2.75) is 20.3 Å². The minimum atomic E-state index is -0.724. The van der Waals surface area contributed by atoms with E-state index in [-0.39, 0.29) is 30.2 Å². The third kappa shape index (κ3) is 3.78. The quantitative estimate of drug-likeness (QED) is 0.250. The lowest BCUT2D eigenvalue weighted by Crippen LogP contribution is -2.14. The van der Waals surface area contributed by atoms with Crippen LogP contribution in [0.15, 0.2) is 18.2 Å². The Hall–Kier alpha value is -2.44. The summed E-state index contributed by atoms with van der Waals surface area (Å²) in [7, 11) is 0. The summed E-state index contributed by atoms with van der Waals surface area (Å²) in [5.74, 6) is -1.33. The van der Waals surface area contributed by atoms with Crippen LogP contribution in [0.4, 0.5) is 5.69 Å². The molecule has 0 spiro atoms. The molecule has 0 radical (unpaired) electrons. The van der Waals surface area contributed by atoms with Crippen molar-refractivity contribution in [3.05, 3.63) is 33.9 Å². The van der Waals surface area contributed by atoms with Crippen LogP contribution in [0.1, 0.15) is 30.6 Å². The minimum absolute atomic E-state index is 0.0935. The fraction of sp³-hybridized carbons (Fsp3) is 0.385. The molecular formula is C13H15NO6. The summed E-state index contributed by atoms with van der Waals surface area (Å²) in [4.78, 5) is 33.7. The molecule has 108 valence electrons. The van der Waals surface area contributed by atoms with Gasteiger partial charge in [0.05, 0.1) is 18.1 Å². The second-order valence-corrected chi connectivity index (χ2v) is 3.75. The summed E-state index contributed by atoms with van der Waals surface area (Å²) >= 11 is 0. The van der Waals surface area contributed by atoms with E-state index in [1.54, 1.807) is 13.8 Å². The molecule has 0 unspecified atom stereocenters. The Kier molecular flexibility index (Phi) is 5.64. The van der Waals surface area contributed by atoms with Gasteiger partial charge in [-0.2, -0.15) is 0 Å². The Morgan fingerprint density at radius 3 is 2.50 bits per heavy atom. The molecule has 0 aliphatic carbocycles. The van der Waals surface area contributed by atoms with E-state index in [9.17, 15) is 19.7 Å². The molecule has 0 fully saturated rings. The molecule has 0 heterocycles. The Labute approximate surface area is 115 Å². The van der Waals surface area contributed by atoms with E-state index in [1.807, 2.05) is 0 Å². The highest BCUT2D eigenvalue weighted by atomic mass is 16.6. The van der Waals surface area contributed by atoms with Crippen LogP contribution in [-0.4, -0.2) is 29.9 Å². The highest BCUT2D eigenvalue weighted by molar-refractivity contribution is 6.10. The third-order valence-electron chi connectivity index (χ3n) is 2.39. The molecule has 1 aromatic carbocycles. The zero-order chi connectivity index (χ0) is 15.1. The van der Waals surface area contributed by atoms with E-state index in [2.05, 4.69) is 4.74 Å². The number of nitro benzene ring substituents is 1. The highest BCUT2D eigenvalue weighted by Crippen LogP contribution is 2.29. The molecule has 0 N–H and O–H groups in total. The molecule has 7 nitrogen and oxygen atoms in total. The molecule has 0 aliphatic heterocycles. The molecule has 0 atom stereocenters. The Morgan fingerprint density at radius 1 is 1.25 bits per heavy atom. The predicted octanol–water partition coefficient (Wildman–Crippen LogP) is 2.13. The van der Waals surface area contributed by atoms with Crippen molar-refractivity contribution in [2.24, 2.45) is 0 Å². The summed E-state index contributed by atoms with van der Waals surface area (Å²) in [6.45, 7) is 3.69. The summed E-state index contributed by atoms with van der Waals surface area (Å²) in [6, 6.07) is 4.07. The lowest BCUT2D eigenvalue weighted by atomic mass is 10.0. The Balaban J connectivity index is 3.15. The van der Waals surface area contributed by atoms with Gasteiger partial charge in [-0.25, -0.2) is 0 Å². The van der Waals surface area contributed by atoms with E-state index < -0.39 is 23.1 Å². The second kappa shape index (κ2) is 7.22. The monoisotopic (exact) mass is 281 g/mol. The summed E-state index contributed by atoms with van der Waals surface area (Å²) in [5, 5.41) is 11.0. The van der Waals surface area contributed by atoms with Crippen LogP contribution in [0.3, 0.4) is 0 Å². The molecule has 0 bridgehead atoms. The number of nitro groups is 1. The van der Waals surface area contributed by atoms with Crippen LogP contribution in [0.25, 0.3) is 0 Å². The standard InChI is InChI=1S/C13H15NO6/c1-3-19-11-7-5-6-9(14(17)18)13(11)10(15)8-12(16)20-4-2/h5-7H,3-4,8H2,1-2H3. The topological polar surface area (TPSA) is 95.7 Å². The van der Waals surface area contributed by atoms with Gasteiger partial charge in [0.1, 0.15) is 17.7 Å². The van der Waals surface area contributed by atoms with Crippen molar-refractivity contribution < 1.29 is 24.0 Å². The average molecular weight is 281 g/mol. The Bertz CT molecular complexity index is 526. The molecular weight excluding hydrogens is 266 g/mol. The van der Waals surface area contributed by atoms with Crippen molar-refractivity contribution >= 4 is 17.4 Å². The molecule has 20 heavy (non-hydrogen) atoms. The molecule has 7 heteroatoms. The number of ether oxygens (including phenoxy) is 2. The molecule has 0 aliphatic rings.